The second-order valence-corrected chi connectivity index (χ2v) is 7.06. The normalized spacial score (nSPS) is 18.7. The average molecular weight is 357 g/mol. The molecule has 1 aliphatic rings. The molecule has 2 unspecified atom stereocenters. The van der Waals surface area contributed by atoms with Crippen molar-refractivity contribution in [3.8, 4) is 10.8 Å². The molecular weight excluding hydrogens is 341 g/mol. The maximum absolute atomic E-state index is 13.1. The zero-order chi connectivity index (χ0) is 17.4. The maximum Gasteiger partial charge on any atom is 0.267 e. The highest BCUT2D eigenvalue weighted by Gasteiger charge is 2.36. The van der Waals surface area contributed by atoms with Gasteiger partial charge in [0.05, 0.1) is 10.9 Å². The van der Waals surface area contributed by atoms with Crippen molar-refractivity contribution in [2.75, 3.05) is 6.54 Å². The molecule has 3 aromatic rings. The number of likely N-dealkylation sites (tertiary alicyclic amines) is 1. The van der Waals surface area contributed by atoms with Crippen LogP contribution < -0.4 is 0 Å². The summed E-state index contributed by atoms with van der Waals surface area (Å²) in [5, 5.41) is 6.01. The second-order valence-electron chi connectivity index (χ2n) is 6.11. The van der Waals surface area contributed by atoms with Gasteiger partial charge >= 0.3 is 0 Å². The molecule has 1 fully saturated rings. The molecule has 0 N–H and O–H groups in total. The Bertz CT molecular complexity index is 876. The number of amides is 1. The molecule has 0 radical (unpaired) electrons. The van der Waals surface area contributed by atoms with Gasteiger partial charge in [-0.25, -0.2) is 4.39 Å². The van der Waals surface area contributed by atoms with Crippen molar-refractivity contribution in [2.45, 2.75) is 25.3 Å². The molecule has 0 spiro atoms. The van der Waals surface area contributed by atoms with Crippen LogP contribution in [0.4, 0.5) is 4.39 Å². The van der Waals surface area contributed by atoms with Gasteiger partial charge in [-0.2, -0.15) is 4.98 Å². The molecule has 2 aromatic heterocycles. The monoisotopic (exact) mass is 357 g/mol. The predicted octanol–water partition coefficient (Wildman–Crippen LogP) is 4.01. The first kappa shape index (κ1) is 16.0. The van der Waals surface area contributed by atoms with Gasteiger partial charge < -0.3 is 9.42 Å². The summed E-state index contributed by atoms with van der Waals surface area (Å²) in [6.45, 7) is 2.47. The minimum absolute atomic E-state index is 0.0456. The van der Waals surface area contributed by atoms with Crippen LogP contribution in [0.2, 0.25) is 0 Å². The van der Waals surface area contributed by atoms with Crippen molar-refractivity contribution in [1.82, 2.24) is 15.0 Å². The number of carbonyl (C=O) groups excluding carboxylic acids is 1. The van der Waals surface area contributed by atoms with Crippen LogP contribution in [0.25, 0.3) is 10.8 Å². The molecular formula is C18H16FN3O2S. The summed E-state index contributed by atoms with van der Waals surface area (Å²) in [7, 11) is 0. The van der Waals surface area contributed by atoms with E-state index >= 15 is 0 Å². The lowest BCUT2D eigenvalue weighted by molar-refractivity contribution is -0.129. The van der Waals surface area contributed by atoms with Crippen LogP contribution >= 0.6 is 11.3 Å². The van der Waals surface area contributed by atoms with Crippen LogP contribution in [-0.4, -0.2) is 27.5 Å². The molecule has 0 bridgehead atoms. The van der Waals surface area contributed by atoms with Crippen molar-refractivity contribution < 1.29 is 13.7 Å². The number of rotatable bonds is 4. The fourth-order valence-corrected chi connectivity index (χ4v) is 3.75. The lowest BCUT2D eigenvalue weighted by Crippen LogP contribution is -2.28. The average Bonchev–Trinajstić information content (AvgIpc) is 3.35. The van der Waals surface area contributed by atoms with Crippen LogP contribution in [0.1, 0.15) is 36.7 Å². The second kappa shape index (κ2) is 6.40. The maximum atomic E-state index is 13.1. The predicted molar refractivity (Wildman–Crippen MR) is 91.5 cm³/mol. The van der Waals surface area contributed by atoms with Gasteiger partial charge in [0.15, 0.2) is 5.82 Å². The first-order valence-electron chi connectivity index (χ1n) is 8.04. The zero-order valence-electron chi connectivity index (χ0n) is 13.6. The third-order valence-corrected chi connectivity index (χ3v) is 5.38. The Kier molecular flexibility index (Phi) is 4.09. The van der Waals surface area contributed by atoms with Gasteiger partial charge in [0.2, 0.25) is 5.91 Å². The third kappa shape index (κ3) is 3.07. The largest absolute Gasteiger partial charge is 0.335 e. The van der Waals surface area contributed by atoms with Crippen LogP contribution in [0.3, 0.4) is 0 Å². The smallest absolute Gasteiger partial charge is 0.267 e. The molecule has 25 heavy (non-hydrogen) atoms. The zero-order valence-corrected chi connectivity index (χ0v) is 14.4. The Hall–Kier alpha value is -2.54. The van der Waals surface area contributed by atoms with Crippen molar-refractivity contribution in [3.05, 3.63) is 59.0 Å². The number of benzene rings is 1. The lowest BCUT2D eigenvalue weighted by atomic mass is 10.1. The van der Waals surface area contributed by atoms with Gasteiger partial charge in [0.1, 0.15) is 5.82 Å². The molecule has 1 aliphatic heterocycles. The highest BCUT2D eigenvalue weighted by Crippen LogP contribution is 2.34. The summed E-state index contributed by atoms with van der Waals surface area (Å²) in [5.41, 5.74) is 0.905. The molecule has 1 saturated heterocycles. The summed E-state index contributed by atoms with van der Waals surface area (Å²) in [4.78, 5) is 19.6. The number of nitrogens with zero attached hydrogens (tertiary/aromatic N) is 3. The summed E-state index contributed by atoms with van der Waals surface area (Å²) in [6.07, 6.45) is 0.356. The highest BCUT2D eigenvalue weighted by molar-refractivity contribution is 7.13. The summed E-state index contributed by atoms with van der Waals surface area (Å²) >= 11 is 1.53. The van der Waals surface area contributed by atoms with E-state index in [1.54, 1.807) is 17.0 Å². The van der Waals surface area contributed by atoms with E-state index in [0.717, 1.165) is 10.4 Å². The molecule has 1 amide bonds. The van der Waals surface area contributed by atoms with E-state index in [9.17, 15) is 9.18 Å². The number of halogens is 1. The SMILES string of the molecule is CC(c1ccc(F)cc1)N1CC(c2noc(-c3cccs3)n2)CC1=O. The molecule has 1 aromatic carbocycles. The molecule has 3 heterocycles. The van der Waals surface area contributed by atoms with Crippen LogP contribution in [0.15, 0.2) is 46.3 Å². The van der Waals surface area contributed by atoms with Gasteiger partial charge in [0, 0.05) is 18.9 Å². The third-order valence-electron chi connectivity index (χ3n) is 4.52. The number of carbonyl (C=O) groups is 1. The van der Waals surface area contributed by atoms with E-state index in [1.807, 2.05) is 24.4 Å². The molecule has 2 atom stereocenters. The van der Waals surface area contributed by atoms with Gasteiger partial charge in [-0.15, -0.1) is 11.3 Å². The fourth-order valence-electron chi connectivity index (χ4n) is 3.10. The summed E-state index contributed by atoms with van der Waals surface area (Å²) in [6, 6.07) is 9.97. The Labute approximate surface area is 148 Å². The molecule has 4 rings (SSSR count). The Morgan fingerprint density at radius 3 is 2.84 bits per heavy atom. The van der Waals surface area contributed by atoms with E-state index in [-0.39, 0.29) is 23.7 Å². The molecule has 0 aliphatic carbocycles. The van der Waals surface area contributed by atoms with E-state index in [2.05, 4.69) is 10.1 Å². The quantitative estimate of drug-likeness (QED) is 0.708. The molecule has 7 heteroatoms. The highest BCUT2D eigenvalue weighted by atomic mass is 32.1. The van der Waals surface area contributed by atoms with E-state index in [4.69, 9.17) is 4.52 Å². The molecule has 0 saturated carbocycles. The Balaban J connectivity index is 1.51. The van der Waals surface area contributed by atoms with E-state index in [1.165, 1.54) is 23.5 Å². The topological polar surface area (TPSA) is 59.2 Å². The Morgan fingerprint density at radius 2 is 2.12 bits per heavy atom. The van der Waals surface area contributed by atoms with Gasteiger partial charge in [0.25, 0.3) is 5.89 Å². The van der Waals surface area contributed by atoms with Crippen molar-refractivity contribution >= 4 is 17.2 Å². The van der Waals surface area contributed by atoms with Gasteiger partial charge in [-0.1, -0.05) is 23.4 Å². The van der Waals surface area contributed by atoms with Crippen LogP contribution in [0, 0.1) is 5.82 Å². The number of thiophene rings is 1. The van der Waals surface area contributed by atoms with Crippen molar-refractivity contribution in [1.29, 1.82) is 0 Å². The minimum Gasteiger partial charge on any atom is -0.335 e. The molecule has 5 nitrogen and oxygen atoms in total. The standard InChI is InChI=1S/C18H16FN3O2S/c1-11(12-4-6-14(19)7-5-12)22-10-13(9-16(22)23)17-20-18(24-21-17)15-3-2-8-25-15/h2-8,11,13H,9-10H2,1H3. The lowest BCUT2D eigenvalue weighted by Gasteiger charge is -2.25. The van der Waals surface area contributed by atoms with E-state index < -0.39 is 0 Å². The van der Waals surface area contributed by atoms with Crippen LogP contribution in [-0.2, 0) is 4.79 Å². The minimum atomic E-state index is -0.283. The first-order valence-corrected chi connectivity index (χ1v) is 8.92. The van der Waals surface area contributed by atoms with E-state index in [0.29, 0.717) is 24.7 Å². The fraction of sp³-hybridized carbons (Fsp3) is 0.278. The van der Waals surface area contributed by atoms with Gasteiger partial charge in [-0.05, 0) is 36.1 Å². The summed E-state index contributed by atoms with van der Waals surface area (Å²) in [5.74, 6) is 0.722. The van der Waals surface area contributed by atoms with Gasteiger partial charge in [-0.3, -0.25) is 4.79 Å². The first-order chi connectivity index (χ1) is 12.1. The van der Waals surface area contributed by atoms with Crippen LogP contribution in [0.5, 0.6) is 0 Å². The number of aromatic nitrogens is 2. The number of hydrogen-bond donors (Lipinski definition) is 0. The number of hydrogen-bond acceptors (Lipinski definition) is 5. The molecule has 128 valence electrons. The summed E-state index contributed by atoms with van der Waals surface area (Å²) < 4.78 is 18.4. The Morgan fingerprint density at radius 1 is 1.32 bits per heavy atom. The van der Waals surface area contributed by atoms with Crippen molar-refractivity contribution in [2.24, 2.45) is 0 Å². The van der Waals surface area contributed by atoms with Crippen molar-refractivity contribution in [3.63, 3.8) is 0 Å².